The molecule has 10 heteroatoms. The fourth-order valence-corrected chi connectivity index (χ4v) is 1.86. The number of nitro groups is 1. The Morgan fingerprint density at radius 3 is 2.58 bits per heavy atom. The second-order valence-corrected chi connectivity index (χ2v) is 5.05. The fourth-order valence-electron chi connectivity index (χ4n) is 1.86. The summed E-state index contributed by atoms with van der Waals surface area (Å²) >= 11 is 0. The number of hydrogen-bond acceptors (Lipinski definition) is 5. The number of alkyl halides is 4. The molecule has 1 N–H and O–H groups in total. The van der Waals surface area contributed by atoms with Crippen molar-refractivity contribution in [3.8, 4) is 11.5 Å². The zero-order valence-electron chi connectivity index (χ0n) is 13.0. The van der Waals surface area contributed by atoms with Gasteiger partial charge in [-0.2, -0.15) is 8.78 Å². The topological polar surface area (TPSA) is 85.0 Å². The van der Waals surface area contributed by atoms with Crippen LogP contribution >= 0.6 is 0 Å². The van der Waals surface area contributed by atoms with Crippen LogP contribution in [0.15, 0.2) is 47.5 Å². The molecule has 0 aromatic heterocycles. The zero-order chi connectivity index (χ0) is 19.3. The molecule has 0 aliphatic heterocycles. The number of rotatable bonds is 7. The largest absolute Gasteiger partial charge is 0.502 e. The number of phenolic OH excluding ortho intramolecular Hbond substituents is 1. The van der Waals surface area contributed by atoms with E-state index in [9.17, 15) is 32.8 Å². The van der Waals surface area contributed by atoms with Gasteiger partial charge in [0, 0.05) is 17.8 Å². The Morgan fingerprint density at radius 1 is 1.23 bits per heavy atom. The predicted octanol–water partition coefficient (Wildman–Crippen LogP) is 4.33. The lowest BCUT2D eigenvalue weighted by Crippen LogP contribution is -2.33. The van der Waals surface area contributed by atoms with Gasteiger partial charge in [0.25, 0.3) is 0 Å². The van der Waals surface area contributed by atoms with Crippen LogP contribution in [0.5, 0.6) is 11.5 Å². The van der Waals surface area contributed by atoms with Gasteiger partial charge in [-0.25, -0.2) is 8.78 Å². The first-order valence-corrected chi connectivity index (χ1v) is 7.10. The summed E-state index contributed by atoms with van der Waals surface area (Å²) in [6, 6.07) is 9.31. The van der Waals surface area contributed by atoms with Crippen LogP contribution in [0.2, 0.25) is 0 Å². The number of nitro benzene ring substituents is 1. The van der Waals surface area contributed by atoms with Crippen molar-refractivity contribution in [2.24, 2.45) is 4.99 Å². The number of hydrogen-bond donors (Lipinski definition) is 1. The van der Waals surface area contributed by atoms with E-state index >= 15 is 0 Å². The molecule has 0 saturated carbocycles. The molecule has 0 radical (unpaired) electrons. The van der Waals surface area contributed by atoms with Gasteiger partial charge in [0.2, 0.25) is 5.75 Å². The third-order valence-corrected chi connectivity index (χ3v) is 3.19. The summed E-state index contributed by atoms with van der Waals surface area (Å²) in [5.74, 6) is -5.13. The van der Waals surface area contributed by atoms with E-state index in [-0.39, 0.29) is 17.0 Å². The van der Waals surface area contributed by atoms with Crippen LogP contribution in [0.4, 0.5) is 28.9 Å². The Labute approximate surface area is 144 Å². The molecule has 0 bridgehead atoms. The monoisotopic (exact) mass is 372 g/mol. The smallest absolute Gasteiger partial charge is 0.340 e. The second-order valence-electron chi connectivity index (χ2n) is 5.05. The number of aliphatic imine (C=N–C) groups is 1. The van der Waals surface area contributed by atoms with Crippen LogP contribution in [0.25, 0.3) is 0 Å². The molecule has 2 aromatic rings. The summed E-state index contributed by atoms with van der Waals surface area (Å²) in [5.41, 5.74) is -0.509. The number of para-hydroxylation sites is 3. The van der Waals surface area contributed by atoms with E-state index < -0.39 is 35.3 Å². The Morgan fingerprint density at radius 2 is 1.92 bits per heavy atom. The number of ether oxygens (including phenoxy) is 1. The zero-order valence-corrected chi connectivity index (χ0v) is 13.0. The van der Waals surface area contributed by atoms with Gasteiger partial charge >= 0.3 is 18.0 Å². The van der Waals surface area contributed by atoms with Gasteiger partial charge in [0.15, 0.2) is 6.61 Å². The quantitative estimate of drug-likeness (QED) is 0.339. The number of nitrogens with zero attached hydrogens (tertiary/aromatic N) is 2. The minimum atomic E-state index is -4.32. The minimum absolute atomic E-state index is 0.00640. The number of phenols is 1. The molecule has 2 rings (SSSR count). The van der Waals surface area contributed by atoms with Gasteiger partial charge in [-0.1, -0.05) is 18.2 Å². The molecule has 0 unspecified atom stereocenters. The molecule has 0 heterocycles. The van der Waals surface area contributed by atoms with Crippen LogP contribution in [0, 0.1) is 10.1 Å². The molecule has 0 saturated heterocycles. The standard InChI is InChI=1S/C16H12F4N2O4/c17-15(18)16(19,20)9-26-13-7-2-1-5-11(13)21-8-10-4-3-6-12(14(10)23)22(24)25/h1-8,15,23H,9H2. The maximum atomic E-state index is 13.0. The molecule has 2 aromatic carbocycles. The fraction of sp³-hybridized carbons (Fsp3) is 0.188. The Bertz CT molecular complexity index is 828. The number of benzene rings is 2. The van der Waals surface area contributed by atoms with Gasteiger partial charge in [0.05, 0.1) is 4.92 Å². The summed E-state index contributed by atoms with van der Waals surface area (Å²) in [6.07, 6.45) is -2.81. The first-order valence-electron chi connectivity index (χ1n) is 7.10. The highest BCUT2D eigenvalue weighted by Crippen LogP contribution is 2.32. The molecule has 138 valence electrons. The van der Waals surface area contributed by atoms with Crippen LogP contribution in [0.1, 0.15) is 5.56 Å². The SMILES string of the molecule is O=[N+]([O-])c1cccc(C=Nc2ccccc2OCC(F)(F)C(F)F)c1O. The highest BCUT2D eigenvalue weighted by molar-refractivity contribution is 5.87. The highest BCUT2D eigenvalue weighted by Gasteiger charge is 2.41. The molecular weight excluding hydrogens is 360 g/mol. The van der Waals surface area contributed by atoms with E-state index in [0.29, 0.717) is 0 Å². The van der Waals surface area contributed by atoms with Crippen molar-refractivity contribution in [3.05, 3.63) is 58.1 Å². The van der Waals surface area contributed by atoms with Gasteiger partial charge in [0.1, 0.15) is 11.4 Å². The maximum absolute atomic E-state index is 13.0. The lowest BCUT2D eigenvalue weighted by atomic mass is 10.2. The lowest BCUT2D eigenvalue weighted by Gasteiger charge is -2.16. The molecule has 0 aliphatic carbocycles. The first kappa shape index (κ1) is 19.2. The van der Waals surface area contributed by atoms with Crippen LogP contribution in [-0.4, -0.2) is 35.2 Å². The number of halogens is 4. The summed E-state index contributed by atoms with van der Waals surface area (Å²) in [6.45, 7) is -1.54. The highest BCUT2D eigenvalue weighted by atomic mass is 19.3. The molecule has 0 amide bonds. The van der Waals surface area contributed by atoms with E-state index in [0.717, 1.165) is 12.3 Å². The van der Waals surface area contributed by atoms with Crippen molar-refractivity contribution in [3.63, 3.8) is 0 Å². The van der Waals surface area contributed by atoms with Crippen molar-refractivity contribution >= 4 is 17.6 Å². The third kappa shape index (κ3) is 4.47. The average Bonchev–Trinajstić information content (AvgIpc) is 2.59. The van der Waals surface area contributed by atoms with E-state index in [4.69, 9.17) is 4.74 Å². The van der Waals surface area contributed by atoms with E-state index in [1.165, 1.54) is 36.4 Å². The van der Waals surface area contributed by atoms with Crippen molar-refractivity contribution in [2.75, 3.05) is 6.61 Å². The second kappa shape index (κ2) is 7.81. The van der Waals surface area contributed by atoms with Crippen LogP contribution in [0.3, 0.4) is 0 Å². The molecule has 0 spiro atoms. The molecule has 6 nitrogen and oxygen atoms in total. The van der Waals surface area contributed by atoms with E-state index in [2.05, 4.69) is 4.99 Å². The molecule has 0 atom stereocenters. The van der Waals surface area contributed by atoms with Gasteiger partial charge < -0.3 is 9.84 Å². The molecule has 0 aliphatic rings. The first-order chi connectivity index (χ1) is 12.2. The van der Waals surface area contributed by atoms with Crippen LogP contribution < -0.4 is 4.74 Å². The third-order valence-electron chi connectivity index (χ3n) is 3.19. The Balaban J connectivity index is 2.25. The summed E-state index contributed by atoms with van der Waals surface area (Å²) in [4.78, 5) is 13.9. The summed E-state index contributed by atoms with van der Waals surface area (Å²) < 4.78 is 55.1. The summed E-state index contributed by atoms with van der Waals surface area (Å²) in [7, 11) is 0. The lowest BCUT2D eigenvalue weighted by molar-refractivity contribution is -0.385. The Kier molecular flexibility index (Phi) is 5.75. The molecule has 0 fully saturated rings. The maximum Gasteiger partial charge on any atom is 0.340 e. The predicted molar refractivity (Wildman–Crippen MR) is 84.9 cm³/mol. The van der Waals surface area contributed by atoms with E-state index in [1.807, 2.05) is 0 Å². The van der Waals surface area contributed by atoms with Crippen LogP contribution in [-0.2, 0) is 0 Å². The van der Waals surface area contributed by atoms with Gasteiger partial charge in [-0.15, -0.1) is 0 Å². The summed E-state index contributed by atoms with van der Waals surface area (Å²) in [5, 5.41) is 20.6. The Hall–Kier alpha value is -3.17. The van der Waals surface area contributed by atoms with Crippen molar-refractivity contribution in [1.82, 2.24) is 0 Å². The average molecular weight is 372 g/mol. The van der Waals surface area contributed by atoms with Gasteiger partial charge in [-0.3, -0.25) is 15.1 Å². The molecular formula is C16H12F4N2O4. The van der Waals surface area contributed by atoms with Crippen molar-refractivity contribution in [2.45, 2.75) is 12.3 Å². The van der Waals surface area contributed by atoms with E-state index in [1.54, 1.807) is 0 Å². The number of aromatic hydroxyl groups is 1. The normalized spacial score (nSPS) is 11.9. The molecule has 26 heavy (non-hydrogen) atoms. The minimum Gasteiger partial charge on any atom is -0.502 e. The van der Waals surface area contributed by atoms with Gasteiger partial charge in [-0.05, 0) is 18.2 Å². The van der Waals surface area contributed by atoms with Crippen molar-refractivity contribution < 1.29 is 32.3 Å². The van der Waals surface area contributed by atoms with Crippen molar-refractivity contribution in [1.29, 1.82) is 0 Å².